The van der Waals surface area contributed by atoms with Gasteiger partial charge in [-0.05, 0) is 62.3 Å². The number of nitrogens with zero attached hydrogens (tertiary/aromatic N) is 3. The van der Waals surface area contributed by atoms with Gasteiger partial charge in [-0.1, -0.05) is 11.6 Å². The third kappa shape index (κ3) is 4.73. The lowest BCUT2D eigenvalue weighted by Crippen LogP contribution is -2.28. The Bertz CT molecular complexity index is 1410. The van der Waals surface area contributed by atoms with Gasteiger partial charge in [0, 0.05) is 48.0 Å². The zero-order valence-corrected chi connectivity index (χ0v) is 19.9. The Labute approximate surface area is 206 Å². The molecule has 1 aliphatic heterocycles. The molecule has 182 valence electrons. The van der Waals surface area contributed by atoms with E-state index in [0.717, 1.165) is 30.0 Å². The van der Waals surface area contributed by atoms with E-state index in [2.05, 4.69) is 9.98 Å². The summed E-state index contributed by atoms with van der Waals surface area (Å²) in [6.07, 6.45) is 8.26. The molecule has 3 heterocycles. The number of hydrogen-bond donors (Lipinski definition) is 1. The second-order valence-corrected chi connectivity index (χ2v) is 9.46. The van der Waals surface area contributed by atoms with Crippen LogP contribution in [0.4, 0.5) is 8.78 Å². The van der Waals surface area contributed by atoms with Crippen LogP contribution in [0.1, 0.15) is 42.9 Å². The molecule has 1 aliphatic carbocycles. The summed E-state index contributed by atoms with van der Waals surface area (Å²) in [6, 6.07) is 5.55. The maximum Gasteiger partial charge on any atom is 0.276 e. The normalized spacial score (nSPS) is 21.2. The smallest absolute Gasteiger partial charge is 0.276 e. The summed E-state index contributed by atoms with van der Waals surface area (Å²) in [7, 11) is 0. The number of aryl methyl sites for hydroxylation is 1. The molecule has 1 aromatic carbocycles. The van der Waals surface area contributed by atoms with Crippen molar-refractivity contribution in [2.75, 3.05) is 6.61 Å². The first-order valence-electron chi connectivity index (χ1n) is 11.6. The molecule has 1 saturated carbocycles. The van der Waals surface area contributed by atoms with Crippen LogP contribution >= 0.6 is 11.6 Å². The summed E-state index contributed by atoms with van der Waals surface area (Å²) in [4.78, 5) is 22.0. The Hall–Kier alpha value is -3.10. The summed E-state index contributed by atoms with van der Waals surface area (Å²) in [5.74, 6) is -1.42. The fraction of sp³-hybridized carbons (Fsp3) is 0.346. The molecule has 2 atom stereocenters. The summed E-state index contributed by atoms with van der Waals surface area (Å²) in [5, 5.41) is -0.000305. The van der Waals surface area contributed by atoms with Gasteiger partial charge in [0.1, 0.15) is 22.3 Å². The van der Waals surface area contributed by atoms with Crippen LogP contribution in [-0.4, -0.2) is 34.4 Å². The van der Waals surface area contributed by atoms with Gasteiger partial charge in [-0.25, -0.2) is 13.8 Å². The molecule has 3 aromatic rings. The van der Waals surface area contributed by atoms with Gasteiger partial charge in [0.05, 0.1) is 17.8 Å². The van der Waals surface area contributed by atoms with Crippen LogP contribution in [0, 0.1) is 18.6 Å². The van der Waals surface area contributed by atoms with Crippen LogP contribution in [0.5, 0.6) is 0 Å². The van der Waals surface area contributed by atoms with E-state index in [-0.39, 0.29) is 28.3 Å². The lowest BCUT2D eigenvalue weighted by Gasteiger charge is -2.30. The van der Waals surface area contributed by atoms with Crippen molar-refractivity contribution in [3.05, 3.63) is 80.5 Å². The zero-order chi connectivity index (χ0) is 24.7. The van der Waals surface area contributed by atoms with Crippen molar-refractivity contribution in [1.82, 2.24) is 9.38 Å². The number of nitrogens with two attached hydrogens (primary N) is 1. The van der Waals surface area contributed by atoms with Gasteiger partial charge in [0.25, 0.3) is 5.56 Å². The Kier molecular flexibility index (Phi) is 6.42. The zero-order valence-electron chi connectivity index (χ0n) is 19.2. The number of benzene rings is 1. The number of aromatic nitrogens is 2. The highest BCUT2D eigenvalue weighted by atomic mass is 35.5. The molecule has 0 spiro atoms. The second-order valence-electron chi connectivity index (χ2n) is 9.08. The number of ether oxygens (including phenoxy) is 1. The number of pyridine rings is 1. The van der Waals surface area contributed by atoms with Crippen molar-refractivity contribution in [1.29, 1.82) is 0 Å². The van der Waals surface area contributed by atoms with Crippen LogP contribution in [0.15, 0.2) is 52.0 Å². The highest BCUT2D eigenvalue weighted by Gasteiger charge is 2.28. The van der Waals surface area contributed by atoms with Gasteiger partial charge < -0.3 is 10.5 Å². The molecule has 9 heteroatoms. The molecule has 0 bridgehead atoms. The minimum Gasteiger partial charge on any atom is -0.404 e. The van der Waals surface area contributed by atoms with Gasteiger partial charge in [0.2, 0.25) is 0 Å². The third-order valence-corrected chi connectivity index (χ3v) is 7.01. The van der Waals surface area contributed by atoms with Gasteiger partial charge in [0.15, 0.2) is 0 Å². The molecule has 1 saturated heterocycles. The topological polar surface area (TPSA) is 82.0 Å². The quantitative estimate of drug-likeness (QED) is 0.505. The lowest BCUT2D eigenvalue weighted by atomic mass is 9.86. The molecule has 2 fully saturated rings. The monoisotopic (exact) mass is 498 g/mol. The average molecular weight is 499 g/mol. The van der Waals surface area contributed by atoms with Crippen molar-refractivity contribution in [3.8, 4) is 11.1 Å². The molecule has 35 heavy (non-hydrogen) atoms. The SMILES string of the molecule is Cc1nc2c(-c3ccc(F)cc3F)cc([C@@H]3CCOC(/C(C=NC4CC4)=C/N)C3)cn2c(=O)c1Cl. The van der Waals surface area contributed by atoms with Crippen LogP contribution < -0.4 is 11.3 Å². The molecule has 1 unspecified atom stereocenters. The number of rotatable bonds is 5. The van der Waals surface area contributed by atoms with E-state index in [1.54, 1.807) is 19.3 Å². The van der Waals surface area contributed by atoms with Gasteiger partial charge in [-0.2, -0.15) is 0 Å². The Balaban J connectivity index is 1.60. The standard InChI is InChI=1S/C26H25ClF2N4O2/c1-14-24(27)26(34)33-13-16(8-21(25(33)32-14)20-5-2-18(28)10-22(20)29)15-6-7-35-23(9-15)17(11-30)12-31-19-3-4-19/h2,5,8,10-13,15,19,23H,3-4,6-7,9,30H2,1H3/b17-11+,31-12?/t15-,23?/m1/s1. The Morgan fingerprint density at radius 2 is 2.06 bits per heavy atom. The maximum absolute atomic E-state index is 14.8. The van der Waals surface area contributed by atoms with Crippen molar-refractivity contribution >= 4 is 23.5 Å². The summed E-state index contributed by atoms with van der Waals surface area (Å²) >= 11 is 6.22. The predicted molar refractivity (Wildman–Crippen MR) is 132 cm³/mol. The van der Waals surface area contributed by atoms with E-state index in [1.807, 2.05) is 6.07 Å². The fourth-order valence-corrected chi connectivity index (χ4v) is 4.59. The molecular weight excluding hydrogens is 474 g/mol. The summed E-state index contributed by atoms with van der Waals surface area (Å²) in [6.45, 7) is 2.11. The predicted octanol–water partition coefficient (Wildman–Crippen LogP) is 4.94. The number of hydrogen-bond acceptors (Lipinski definition) is 5. The van der Waals surface area contributed by atoms with Crippen molar-refractivity contribution in [2.45, 2.75) is 50.7 Å². The highest BCUT2D eigenvalue weighted by Crippen LogP contribution is 2.36. The lowest BCUT2D eigenvalue weighted by molar-refractivity contribution is 0.0327. The minimum atomic E-state index is -0.736. The summed E-state index contributed by atoms with van der Waals surface area (Å²) < 4.78 is 35.8. The van der Waals surface area contributed by atoms with Crippen LogP contribution in [-0.2, 0) is 4.74 Å². The largest absolute Gasteiger partial charge is 0.404 e. The van der Waals surface area contributed by atoms with E-state index in [9.17, 15) is 13.6 Å². The molecule has 0 radical (unpaired) electrons. The number of halogens is 3. The number of fused-ring (bicyclic) bond motifs is 1. The first kappa shape index (κ1) is 23.6. The van der Waals surface area contributed by atoms with Crippen molar-refractivity contribution in [3.63, 3.8) is 0 Å². The van der Waals surface area contributed by atoms with E-state index in [1.165, 1.54) is 22.7 Å². The molecule has 2 N–H and O–H groups in total. The summed E-state index contributed by atoms with van der Waals surface area (Å²) in [5.41, 5.74) is 8.20. The Morgan fingerprint density at radius 3 is 2.77 bits per heavy atom. The van der Waals surface area contributed by atoms with Crippen LogP contribution in [0.3, 0.4) is 0 Å². The first-order valence-corrected chi connectivity index (χ1v) is 12.0. The van der Waals surface area contributed by atoms with Crippen LogP contribution in [0.2, 0.25) is 5.02 Å². The van der Waals surface area contributed by atoms with E-state index < -0.39 is 17.2 Å². The first-order chi connectivity index (χ1) is 16.9. The third-order valence-electron chi connectivity index (χ3n) is 6.58. The fourth-order valence-electron chi connectivity index (χ4n) is 4.46. The minimum absolute atomic E-state index is 0.000305. The molecule has 6 nitrogen and oxygen atoms in total. The maximum atomic E-state index is 14.8. The van der Waals surface area contributed by atoms with E-state index >= 15 is 0 Å². The molecule has 5 rings (SSSR count). The molecule has 2 aliphatic rings. The number of aliphatic imine (C=N–C) groups is 1. The van der Waals surface area contributed by atoms with E-state index in [4.69, 9.17) is 22.1 Å². The van der Waals surface area contributed by atoms with E-state index in [0.29, 0.717) is 36.7 Å². The molecule has 0 amide bonds. The molecule has 2 aromatic heterocycles. The van der Waals surface area contributed by atoms with Crippen molar-refractivity contribution < 1.29 is 13.5 Å². The molecular formula is C26H25ClF2N4O2. The average Bonchev–Trinajstić information content (AvgIpc) is 3.68. The second kappa shape index (κ2) is 9.51. The van der Waals surface area contributed by atoms with Gasteiger partial charge in [-0.15, -0.1) is 0 Å². The van der Waals surface area contributed by atoms with Gasteiger partial charge in [-0.3, -0.25) is 14.2 Å². The highest BCUT2D eigenvalue weighted by molar-refractivity contribution is 6.31. The van der Waals surface area contributed by atoms with Crippen molar-refractivity contribution in [2.24, 2.45) is 10.7 Å². The Morgan fingerprint density at radius 1 is 1.26 bits per heavy atom. The van der Waals surface area contributed by atoms with Crippen LogP contribution in [0.25, 0.3) is 16.8 Å². The van der Waals surface area contributed by atoms with Gasteiger partial charge >= 0.3 is 0 Å².